The Morgan fingerprint density at radius 3 is 1.45 bits per heavy atom. The summed E-state index contributed by atoms with van der Waals surface area (Å²) in [7, 11) is -1.73. The van der Waals surface area contributed by atoms with Crippen LogP contribution in [0.5, 0.6) is 0 Å². The number of rotatable bonds is 23. The van der Waals surface area contributed by atoms with E-state index in [9.17, 15) is 78.4 Å². The average Bonchev–Trinajstić information content (AvgIpc) is 3.70. The molecule has 0 radical (unpaired) electrons. The molecule has 2 rings (SSSR count). The molecule has 6 amide bonds. The van der Waals surface area contributed by atoms with Gasteiger partial charge in [-0.15, -0.1) is 0 Å². The van der Waals surface area contributed by atoms with Crippen LogP contribution >= 0.6 is 0 Å². The van der Waals surface area contributed by atoms with Gasteiger partial charge >= 0.3 is 50.8 Å². The fraction of sp³-hybridized carbons (Fsp3) is 0.730. The van der Waals surface area contributed by atoms with Crippen molar-refractivity contribution in [3.63, 3.8) is 0 Å². The van der Waals surface area contributed by atoms with Crippen LogP contribution in [0, 0.1) is 5.92 Å². The quantitative estimate of drug-likeness (QED) is 0.0424. The zero-order valence-corrected chi connectivity index (χ0v) is 39.4. The van der Waals surface area contributed by atoms with Gasteiger partial charge in [-0.05, 0) is 32.1 Å². The van der Waals surface area contributed by atoms with E-state index in [2.05, 4.69) is 26.6 Å². The normalized spacial score (nSPS) is 18.3. The second-order valence-corrected chi connectivity index (χ2v) is 15.9. The first-order valence-electron chi connectivity index (χ1n) is 20.9. The maximum Gasteiger partial charge on any atom is 3.00 e. The number of amides is 6. The molecule has 360 valence electrons. The van der Waals surface area contributed by atoms with Crippen molar-refractivity contribution in [2.45, 2.75) is 70.5 Å². The second-order valence-electron chi connectivity index (χ2n) is 15.9. The van der Waals surface area contributed by atoms with Crippen molar-refractivity contribution >= 4 is 86.2 Å². The number of likely N-dealkylation sites (tertiary alicyclic amines) is 1. The molecule has 28 heteroatoms. The van der Waals surface area contributed by atoms with E-state index in [1.807, 2.05) is 0 Å². The van der Waals surface area contributed by atoms with Crippen LogP contribution in [0.4, 0.5) is 0 Å². The smallest absolute Gasteiger partial charge is 0.480 e. The Kier molecular flexibility index (Phi) is 26.5. The predicted octanol–water partition coefficient (Wildman–Crippen LogP) is -6.69. The molecule has 4 atom stereocenters. The zero-order valence-electron chi connectivity index (χ0n) is 37.0. The van der Waals surface area contributed by atoms with Gasteiger partial charge in [-0.3, -0.25) is 67.5 Å². The van der Waals surface area contributed by atoms with Gasteiger partial charge in [0.15, 0.2) is 0 Å². The standard InChI is InChI=1S/C37H63BN10O16.Ga/c1-23(2)34(35(59)42-24(3)36(60)48-8-4-5-26(48)38(63)64)43-30(52)19-41-29(51)18-40-28(50)17-39-27(49)7-6-25(37(61)62)47-15-13-45(21-32(55)56)11-9-44(20-31(53)54)10-12-46(14-16-47)22-33(57)58;/h23-26,34,63-64H,4-22H2,1-3H3,(H,39,49)(H,40,50)(H,41,51)(H,42,59)(H,43,52)(H,53,54)(H,55,56)(H,57,58)(H,61,62);/q;+3/t24-,25-,26+,34+;/m1./s1. The fourth-order valence-electron chi connectivity index (χ4n) is 7.14. The van der Waals surface area contributed by atoms with Crippen LogP contribution in [0.1, 0.15) is 46.5 Å². The van der Waals surface area contributed by atoms with Gasteiger partial charge in [-0.25, -0.2) is 0 Å². The molecule has 65 heavy (non-hydrogen) atoms. The summed E-state index contributed by atoms with van der Waals surface area (Å²) in [6.45, 7) is 2.72. The number of carboxylic acids is 4. The molecule has 0 aromatic heterocycles. The summed E-state index contributed by atoms with van der Waals surface area (Å²) in [6, 6.07) is -3.42. The van der Waals surface area contributed by atoms with E-state index in [1.165, 1.54) is 26.5 Å². The Morgan fingerprint density at radius 1 is 0.600 bits per heavy atom. The number of hydrogen-bond acceptors (Lipinski definition) is 16. The van der Waals surface area contributed by atoms with E-state index in [-0.39, 0.29) is 98.1 Å². The number of carbonyl (C=O) groups is 10. The Morgan fingerprint density at radius 2 is 1.03 bits per heavy atom. The molecule has 2 fully saturated rings. The Balaban J connectivity index is 0.0000211. The van der Waals surface area contributed by atoms with Crippen LogP contribution in [0.2, 0.25) is 0 Å². The van der Waals surface area contributed by atoms with Crippen molar-refractivity contribution < 1.29 is 78.4 Å². The van der Waals surface area contributed by atoms with Crippen molar-refractivity contribution in [1.29, 1.82) is 0 Å². The van der Waals surface area contributed by atoms with E-state index in [0.717, 1.165) is 0 Å². The number of carboxylic acid groups (broad SMARTS) is 4. The van der Waals surface area contributed by atoms with E-state index in [0.29, 0.717) is 12.8 Å². The van der Waals surface area contributed by atoms with Crippen LogP contribution in [0.15, 0.2) is 0 Å². The summed E-state index contributed by atoms with van der Waals surface area (Å²) in [5.74, 6) is -10.2. The monoisotopic (exact) mass is 983 g/mol. The molecule has 2 saturated heterocycles. The molecular weight excluding hydrogens is 921 g/mol. The van der Waals surface area contributed by atoms with E-state index < -0.39 is 129 Å². The Hall–Kier alpha value is -4.84. The van der Waals surface area contributed by atoms with Gasteiger partial charge in [0.05, 0.1) is 45.2 Å². The number of nitrogens with zero attached hydrogens (tertiary/aromatic N) is 5. The molecule has 26 nitrogen and oxygen atoms in total. The summed E-state index contributed by atoms with van der Waals surface area (Å²) in [6.07, 6.45) is 0.340. The molecule has 11 N–H and O–H groups in total. The molecule has 0 aliphatic carbocycles. The van der Waals surface area contributed by atoms with Crippen molar-refractivity contribution in [1.82, 2.24) is 51.1 Å². The summed E-state index contributed by atoms with van der Waals surface area (Å²) < 4.78 is 0. The SMILES string of the molecule is CC(C)[C@H](NC(=O)CNC(=O)CNC(=O)CNC(=O)CC[C@H](C(=O)O)N1CCN(CC(=O)O)CCN(CC(=O)O)CCN(CC(=O)O)CC1)C(=O)N[C@H](C)C(=O)N1CCC[C@H]1B(O)O.[Ga+3]. The molecule has 2 aliphatic rings. The van der Waals surface area contributed by atoms with Gasteiger partial charge in [0.1, 0.15) is 18.1 Å². The topological polar surface area (TPSA) is 368 Å². The van der Waals surface area contributed by atoms with Gasteiger partial charge < -0.3 is 62.0 Å². The number of carbonyl (C=O) groups excluding carboxylic acids is 6. The first-order valence-corrected chi connectivity index (χ1v) is 20.9. The summed E-state index contributed by atoms with van der Waals surface area (Å²) in [5.41, 5.74) is 0. The van der Waals surface area contributed by atoms with Gasteiger partial charge in [0, 0.05) is 65.3 Å². The van der Waals surface area contributed by atoms with E-state index >= 15 is 0 Å². The number of nitrogens with one attached hydrogen (secondary N) is 5. The fourth-order valence-corrected chi connectivity index (χ4v) is 7.14. The Bertz CT molecular complexity index is 1630. The molecular formula is C37H63BGaN10O16+3. The summed E-state index contributed by atoms with van der Waals surface area (Å²) in [5, 5.41) is 69.5. The van der Waals surface area contributed by atoms with Crippen LogP contribution in [0.25, 0.3) is 0 Å². The average molecular weight is 984 g/mol. The first kappa shape index (κ1) is 58.2. The third kappa shape index (κ3) is 22.3. The van der Waals surface area contributed by atoms with Gasteiger partial charge in [0.2, 0.25) is 35.4 Å². The molecule has 0 saturated carbocycles. The third-order valence-corrected chi connectivity index (χ3v) is 10.6. The minimum Gasteiger partial charge on any atom is -0.480 e. The maximum atomic E-state index is 13.0. The predicted molar refractivity (Wildman–Crippen MR) is 229 cm³/mol. The van der Waals surface area contributed by atoms with Crippen molar-refractivity contribution in [3.8, 4) is 0 Å². The minimum atomic E-state index is -1.73. The number of hydrogen-bond donors (Lipinski definition) is 11. The third-order valence-electron chi connectivity index (χ3n) is 10.6. The molecule has 2 heterocycles. The van der Waals surface area contributed by atoms with Crippen LogP contribution < -0.4 is 26.6 Å². The minimum absolute atomic E-state index is 0. The van der Waals surface area contributed by atoms with E-state index in [4.69, 9.17) is 0 Å². The van der Waals surface area contributed by atoms with Crippen LogP contribution in [0.3, 0.4) is 0 Å². The van der Waals surface area contributed by atoms with Crippen LogP contribution in [-0.4, -0.2) is 263 Å². The van der Waals surface area contributed by atoms with Gasteiger partial charge in [0.25, 0.3) is 0 Å². The van der Waals surface area contributed by atoms with Crippen molar-refractivity contribution in [2.24, 2.45) is 5.92 Å². The van der Waals surface area contributed by atoms with E-state index in [1.54, 1.807) is 18.7 Å². The van der Waals surface area contributed by atoms with Crippen molar-refractivity contribution in [3.05, 3.63) is 0 Å². The molecule has 2 aliphatic heterocycles. The number of aliphatic carboxylic acids is 4. The molecule has 0 unspecified atom stereocenters. The summed E-state index contributed by atoms with van der Waals surface area (Å²) in [4.78, 5) is 131. The zero-order chi connectivity index (χ0) is 48.1. The Labute approximate surface area is 389 Å². The van der Waals surface area contributed by atoms with Gasteiger partial charge in [-0.2, -0.15) is 0 Å². The van der Waals surface area contributed by atoms with Crippen molar-refractivity contribution in [2.75, 3.05) is 98.2 Å². The molecule has 0 spiro atoms. The molecule has 0 aromatic carbocycles. The van der Waals surface area contributed by atoms with Gasteiger partial charge in [-0.1, -0.05) is 13.8 Å². The maximum absolute atomic E-state index is 13.0. The molecule has 0 bridgehead atoms. The second kappa shape index (κ2) is 29.6. The first-order chi connectivity index (χ1) is 30.1. The van der Waals surface area contributed by atoms with Crippen LogP contribution in [-0.2, 0) is 47.9 Å². The summed E-state index contributed by atoms with van der Waals surface area (Å²) >= 11 is 0. The molecule has 0 aromatic rings. The largest absolute Gasteiger partial charge is 3.00 e.